The number of nitrogens with two attached hydrogens (primary N) is 1. The molecule has 2 amide bonds. The van der Waals surface area contributed by atoms with Gasteiger partial charge in [0.15, 0.2) is 0 Å². The van der Waals surface area contributed by atoms with Crippen LogP contribution in [0, 0.1) is 0 Å². The molecule has 0 aliphatic carbocycles. The molecule has 21 heavy (non-hydrogen) atoms. The van der Waals surface area contributed by atoms with Crippen molar-refractivity contribution in [1.29, 1.82) is 0 Å². The van der Waals surface area contributed by atoms with Gasteiger partial charge >= 0.3 is 0 Å². The van der Waals surface area contributed by atoms with Gasteiger partial charge in [-0.25, -0.2) is 0 Å². The van der Waals surface area contributed by atoms with Crippen LogP contribution in [0.4, 0.5) is 5.69 Å². The lowest BCUT2D eigenvalue weighted by Crippen LogP contribution is -2.40. The van der Waals surface area contributed by atoms with Gasteiger partial charge in [0.25, 0.3) is 5.91 Å². The van der Waals surface area contributed by atoms with E-state index in [1.54, 1.807) is 32.3 Å². The Bertz CT molecular complexity index is 515. The van der Waals surface area contributed by atoms with Crippen LogP contribution in [0.25, 0.3) is 0 Å². The van der Waals surface area contributed by atoms with Crippen LogP contribution in [0.15, 0.2) is 18.2 Å². The lowest BCUT2D eigenvalue weighted by Gasteiger charge is -2.23. The summed E-state index contributed by atoms with van der Waals surface area (Å²) in [7, 11) is 4.85. The molecule has 1 rings (SSSR count). The van der Waals surface area contributed by atoms with E-state index in [1.165, 1.54) is 16.9 Å². The molecular weight excluding hydrogens is 270 g/mol. The number of amides is 2. The third-order valence-corrected chi connectivity index (χ3v) is 3.02. The second-order valence-electron chi connectivity index (χ2n) is 5.01. The maximum atomic E-state index is 12.6. The summed E-state index contributed by atoms with van der Waals surface area (Å²) in [4.78, 5) is 27.4. The second kappa shape index (κ2) is 7.52. The molecular formula is C15H23N3O3. The highest BCUT2D eigenvalue weighted by Gasteiger charge is 2.20. The van der Waals surface area contributed by atoms with Gasteiger partial charge in [-0.3, -0.25) is 9.59 Å². The molecule has 0 spiro atoms. The molecule has 6 nitrogen and oxygen atoms in total. The van der Waals surface area contributed by atoms with Crippen molar-refractivity contribution in [3.05, 3.63) is 23.8 Å². The Morgan fingerprint density at radius 1 is 1.24 bits per heavy atom. The van der Waals surface area contributed by atoms with Crippen LogP contribution in [0.5, 0.6) is 5.75 Å². The van der Waals surface area contributed by atoms with Gasteiger partial charge in [0, 0.05) is 38.0 Å². The van der Waals surface area contributed by atoms with Gasteiger partial charge in [0.05, 0.1) is 7.11 Å². The molecule has 0 bridgehead atoms. The van der Waals surface area contributed by atoms with Crippen LogP contribution in [0.2, 0.25) is 0 Å². The highest BCUT2D eigenvalue weighted by atomic mass is 16.5. The first-order valence-electron chi connectivity index (χ1n) is 6.83. The SMILES string of the molecule is CCCN(CC(=O)N(C)C)C(=O)c1cc(N)cc(OC)c1. The Kier molecular flexibility index (Phi) is 6.02. The maximum absolute atomic E-state index is 12.6. The standard InChI is InChI=1S/C15H23N3O3/c1-5-6-18(10-14(19)17(2)3)15(20)11-7-12(16)9-13(8-11)21-4/h7-9H,5-6,10,16H2,1-4H3. The largest absolute Gasteiger partial charge is 0.497 e. The number of carbonyl (C=O) groups excluding carboxylic acids is 2. The van der Waals surface area contributed by atoms with E-state index in [2.05, 4.69) is 0 Å². The molecule has 2 N–H and O–H groups in total. The molecule has 0 saturated heterocycles. The lowest BCUT2D eigenvalue weighted by atomic mass is 10.1. The fourth-order valence-electron chi connectivity index (χ4n) is 1.87. The molecule has 1 aromatic rings. The summed E-state index contributed by atoms with van der Waals surface area (Å²) in [5, 5.41) is 0. The van der Waals surface area contributed by atoms with Crippen molar-refractivity contribution in [2.75, 3.05) is 40.0 Å². The van der Waals surface area contributed by atoms with E-state index in [9.17, 15) is 9.59 Å². The normalized spacial score (nSPS) is 10.1. The second-order valence-corrected chi connectivity index (χ2v) is 5.01. The minimum absolute atomic E-state index is 0.0524. The van der Waals surface area contributed by atoms with Crippen molar-refractivity contribution in [3.63, 3.8) is 0 Å². The summed E-state index contributed by atoms with van der Waals surface area (Å²) in [6.45, 7) is 2.52. The van der Waals surface area contributed by atoms with Crippen LogP contribution >= 0.6 is 0 Å². The van der Waals surface area contributed by atoms with Gasteiger partial charge in [0.1, 0.15) is 12.3 Å². The van der Waals surface area contributed by atoms with Crippen LogP contribution in [-0.4, -0.2) is 55.9 Å². The van der Waals surface area contributed by atoms with Crippen molar-refractivity contribution in [3.8, 4) is 5.75 Å². The number of benzene rings is 1. The quantitative estimate of drug-likeness (QED) is 0.800. The molecule has 6 heteroatoms. The van der Waals surface area contributed by atoms with Gasteiger partial charge in [0.2, 0.25) is 5.91 Å². The molecule has 0 fully saturated rings. The first-order valence-corrected chi connectivity index (χ1v) is 6.83. The van der Waals surface area contributed by atoms with Gasteiger partial charge in [-0.1, -0.05) is 6.92 Å². The first-order chi connectivity index (χ1) is 9.88. The molecule has 0 saturated carbocycles. The molecule has 0 heterocycles. The Labute approximate surface area is 125 Å². The predicted octanol–water partition coefficient (Wildman–Crippen LogP) is 1.22. The average Bonchev–Trinajstić information content (AvgIpc) is 2.45. The maximum Gasteiger partial charge on any atom is 0.254 e. The van der Waals surface area contributed by atoms with E-state index in [4.69, 9.17) is 10.5 Å². The fraction of sp³-hybridized carbons (Fsp3) is 0.467. The smallest absolute Gasteiger partial charge is 0.254 e. The highest BCUT2D eigenvalue weighted by Crippen LogP contribution is 2.20. The van der Waals surface area contributed by atoms with Crippen LogP contribution in [0.1, 0.15) is 23.7 Å². The number of nitrogens with zero attached hydrogens (tertiary/aromatic N) is 2. The zero-order chi connectivity index (χ0) is 16.0. The number of hydrogen-bond donors (Lipinski definition) is 1. The number of likely N-dealkylation sites (N-methyl/N-ethyl adjacent to an activating group) is 1. The summed E-state index contributed by atoms with van der Waals surface area (Å²) < 4.78 is 5.12. The Hall–Kier alpha value is -2.24. The Morgan fingerprint density at radius 3 is 2.43 bits per heavy atom. The minimum Gasteiger partial charge on any atom is -0.497 e. The molecule has 0 aromatic heterocycles. The third kappa shape index (κ3) is 4.66. The number of anilines is 1. The van der Waals surface area contributed by atoms with E-state index in [0.29, 0.717) is 23.5 Å². The number of methoxy groups -OCH3 is 1. The van der Waals surface area contributed by atoms with Gasteiger partial charge in [-0.2, -0.15) is 0 Å². The first kappa shape index (κ1) is 16.8. The Balaban J connectivity index is 3.00. The van der Waals surface area contributed by atoms with E-state index >= 15 is 0 Å². The zero-order valence-electron chi connectivity index (χ0n) is 13.0. The van der Waals surface area contributed by atoms with Gasteiger partial charge < -0.3 is 20.3 Å². The lowest BCUT2D eigenvalue weighted by molar-refractivity contribution is -0.129. The van der Waals surface area contributed by atoms with Crippen LogP contribution < -0.4 is 10.5 Å². The van der Waals surface area contributed by atoms with Crippen molar-refractivity contribution >= 4 is 17.5 Å². The van der Waals surface area contributed by atoms with Crippen LogP contribution in [-0.2, 0) is 4.79 Å². The minimum atomic E-state index is -0.224. The molecule has 0 radical (unpaired) electrons. The molecule has 0 aliphatic rings. The molecule has 0 atom stereocenters. The topological polar surface area (TPSA) is 75.9 Å². The van der Waals surface area contributed by atoms with E-state index in [0.717, 1.165) is 6.42 Å². The predicted molar refractivity (Wildman–Crippen MR) is 82.3 cm³/mol. The van der Waals surface area contributed by atoms with Crippen molar-refractivity contribution < 1.29 is 14.3 Å². The molecule has 0 aliphatic heterocycles. The van der Waals surface area contributed by atoms with Crippen molar-refractivity contribution in [2.45, 2.75) is 13.3 Å². The average molecular weight is 293 g/mol. The highest BCUT2D eigenvalue weighted by molar-refractivity contribution is 5.97. The summed E-state index contributed by atoms with van der Waals surface area (Å²) in [6, 6.07) is 4.86. The van der Waals surface area contributed by atoms with Crippen LogP contribution in [0.3, 0.4) is 0 Å². The Morgan fingerprint density at radius 2 is 1.90 bits per heavy atom. The van der Waals surface area contributed by atoms with E-state index in [-0.39, 0.29) is 18.4 Å². The molecule has 1 aromatic carbocycles. The summed E-state index contributed by atoms with van der Waals surface area (Å²) in [5.74, 6) is 0.180. The fourth-order valence-corrected chi connectivity index (χ4v) is 1.87. The van der Waals surface area contributed by atoms with Gasteiger partial charge in [-0.15, -0.1) is 0 Å². The molecule has 116 valence electrons. The summed E-state index contributed by atoms with van der Waals surface area (Å²) in [6.07, 6.45) is 0.770. The van der Waals surface area contributed by atoms with Crippen molar-refractivity contribution in [2.24, 2.45) is 0 Å². The van der Waals surface area contributed by atoms with E-state index < -0.39 is 0 Å². The number of carbonyl (C=O) groups is 2. The van der Waals surface area contributed by atoms with E-state index in [1.807, 2.05) is 6.92 Å². The summed E-state index contributed by atoms with van der Waals surface area (Å²) in [5.41, 5.74) is 6.65. The molecule has 0 unspecified atom stereocenters. The number of nitrogen functional groups attached to an aromatic ring is 1. The zero-order valence-corrected chi connectivity index (χ0v) is 13.0. The number of hydrogen-bond acceptors (Lipinski definition) is 4. The van der Waals surface area contributed by atoms with Gasteiger partial charge in [-0.05, 0) is 18.6 Å². The summed E-state index contributed by atoms with van der Waals surface area (Å²) >= 11 is 0. The monoisotopic (exact) mass is 293 g/mol. The number of rotatable bonds is 6. The van der Waals surface area contributed by atoms with Crippen molar-refractivity contribution in [1.82, 2.24) is 9.80 Å². The number of ether oxygens (including phenoxy) is 1. The third-order valence-electron chi connectivity index (χ3n) is 3.02.